The lowest BCUT2D eigenvalue weighted by Crippen LogP contribution is -2.47. The SMILES string of the molecule is CCSC1CC(NC(=O)OC(C)(C)C)C1. The summed E-state index contributed by atoms with van der Waals surface area (Å²) >= 11 is 1.97. The Bertz CT molecular complexity index is 219. The molecule has 0 aromatic heterocycles. The Labute approximate surface area is 96.3 Å². The number of ether oxygens (including phenoxy) is 1. The second-order valence-electron chi connectivity index (χ2n) is 4.89. The molecule has 0 spiro atoms. The molecule has 0 aromatic carbocycles. The highest BCUT2D eigenvalue weighted by molar-refractivity contribution is 7.99. The van der Waals surface area contributed by atoms with Crippen LogP contribution in [0.2, 0.25) is 0 Å². The van der Waals surface area contributed by atoms with Gasteiger partial charge >= 0.3 is 6.09 Å². The summed E-state index contributed by atoms with van der Waals surface area (Å²) in [4.78, 5) is 11.4. The smallest absolute Gasteiger partial charge is 0.407 e. The van der Waals surface area contributed by atoms with Crippen molar-refractivity contribution >= 4 is 17.9 Å². The first-order valence-corrected chi connectivity index (χ1v) is 6.56. The largest absolute Gasteiger partial charge is 0.444 e. The molecule has 0 heterocycles. The molecule has 15 heavy (non-hydrogen) atoms. The Hall–Kier alpha value is -0.380. The summed E-state index contributed by atoms with van der Waals surface area (Å²) in [6.45, 7) is 7.80. The fourth-order valence-corrected chi connectivity index (χ4v) is 2.74. The molecule has 0 saturated heterocycles. The predicted molar refractivity (Wildman–Crippen MR) is 64.3 cm³/mol. The van der Waals surface area contributed by atoms with Crippen LogP contribution in [0.4, 0.5) is 4.79 Å². The van der Waals surface area contributed by atoms with Gasteiger partial charge in [-0.25, -0.2) is 4.79 Å². The van der Waals surface area contributed by atoms with Crippen LogP contribution in [0.5, 0.6) is 0 Å². The molecule has 4 heteroatoms. The molecule has 1 fully saturated rings. The zero-order chi connectivity index (χ0) is 11.5. The monoisotopic (exact) mass is 231 g/mol. The molecule has 0 atom stereocenters. The molecule has 88 valence electrons. The molecular formula is C11H21NO2S. The van der Waals surface area contributed by atoms with Gasteiger partial charge in [0.05, 0.1) is 0 Å². The van der Waals surface area contributed by atoms with E-state index in [0.717, 1.165) is 23.8 Å². The van der Waals surface area contributed by atoms with Crippen molar-refractivity contribution in [1.29, 1.82) is 0 Å². The van der Waals surface area contributed by atoms with Crippen LogP contribution >= 0.6 is 11.8 Å². The number of rotatable bonds is 3. The quantitative estimate of drug-likeness (QED) is 0.811. The minimum atomic E-state index is -0.397. The lowest BCUT2D eigenvalue weighted by atomic mass is 9.92. The number of alkyl carbamates (subject to hydrolysis) is 1. The van der Waals surface area contributed by atoms with Gasteiger partial charge in [0.25, 0.3) is 0 Å². The van der Waals surface area contributed by atoms with Crippen LogP contribution in [0.15, 0.2) is 0 Å². The summed E-state index contributed by atoms with van der Waals surface area (Å²) in [7, 11) is 0. The van der Waals surface area contributed by atoms with Gasteiger partial charge in [0.2, 0.25) is 0 Å². The molecule has 1 amide bonds. The van der Waals surface area contributed by atoms with Crippen LogP contribution in [0, 0.1) is 0 Å². The number of hydrogen-bond donors (Lipinski definition) is 1. The van der Waals surface area contributed by atoms with Crippen molar-refractivity contribution in [1.82, 2.24) is 5.32 Å². The standard InChI is InChI=1S/C11H21NO2S/c1-5-15-9-6-8(7-9)12-10(13)14-11(2,3)4/h8-9H,5-7H2,1-4H3,(H,12,13). The summed E-state index contributed by atoms with van der Waals surface area (Å²) in [6, 6.07) is 0.323. The van der Waals surface area contributed by atoms with Crippen LogP contribution in [-0.2, 0) is 4.74 Å². The topological polar surface area (TPSA) is 38.3 Å². The van der Waals surface area contributed by atoms with Crippen molar-refractivity contribution in [3.8, 4) is 0 Å². The van der Waals surface area contributed by atoms with E-state index in [9.17, 15) is 4.79 Å². The fourth-order valence-electron chi connectivity index (χ4n) is 1.53. The van der Waals surface area contributed by atoms with Gasteiger partial charge in [-0.15, -0.1) is 0 Å². The summed E-state index contributed by atoms with van der Waals surface area (Å²) in [5.74, 6) is 1.16. The van der Waals surface area contributed by atoms with Crippen LogP contribution in [-0.4, -0.2) is 28.7 Å². The van der Waals surface area contributed by atoms with E-state index < -0.39 is 5.60 Å². The first kappa shape index (κ1) is 12.7. The second kappa shape index (κ2) is 5.10. The van der Waals surface area contributed by atoms with Crippen LogP contribution in [0.25, 0.3) is 0 Å². The number of thioether (sulfide) groups is 1. The second-order valence-corrected chi connectivity index (χ2v) is 6.47. The minimum absolute atomic E-state index is 0.285. The maximum atomic E-state index is 11.4. The van der Waals surface area contributed by atoms with Crippen LogP contribution in [0.1, 0.15) is 40.5 Å². The highest BCUT2D eigenvalue weighted by atomic mass is 32.2. The van der Waals surface area contributed by atoms with E-state index in [1.165, 1.54) is 0 Å². The highest BCUT2D eigenvalue weighted by Crippen LogP contribution is 2.31. The van der Waals surface area contributed by atoms with Gasteiger partial charge in [0.1, 0.15) is 5.60 Å². The number of carbonyl (C=O) groups excluding carboxylic acids is 1. The average molecular weight is 231 g/mol. The minimum Gasteiger partial charge on any atom is -0.444 e. The van der Waals surface area contributed by atoms with Gasteiger partial charge in [-0.05, 0) is 39.4 Å². The third-order valence-corrected chi connectivity index (χ3v) is 3.41. The van der Waals surface area contributed by atoms with Crippen molar-refractivity contribution < 1.29 is 9.53 Å². The molecular weight excluding hydrogens is 210 g/mol. The Morgan fingerprint density at radius 2 is 2.07 bits per heavy atom. The van der Waals surface area contributed by atoms with Gasteiger partial charge < -0.3 is 10.1 Å². The van der Waals surface area contributed by atoms with Crippen molar-refractivity contribution in [2.45, 2.75) is 57.4 Å². The maximum absolute atomic E-state index is 11.4. The average Bonchev–Trinajstić information content (AvgIpc) is 1.97. The number of nitrogens with one attached hydrogen (secondary N) is 1. The van der Waals surface area contributed by atoms with E-state index in [1.54, 1.807) is 0 Å². The van der Waals surface area contributed by atoms with Crippen molar-refractivity contribution in [3.63, 3.8) is 0 Å². The fraction of sp³-hybridized carbons (Fsp3) is 0.909. The lowest BCUT2D eigenvalue weighted by molar-refractivity contribution is 0.0482. The number of amides is 1. The number of hydrogen-bond acceptors (Lipinski definition) is 3. The Balaban J connectivity index is 2.14. The molecule has 1 aliphatic rings. The van der Waals surface area contributed by atoms with Crippen LogP contribution < -0.4 is 5.32 Å². The van der Waals surface area contributed by atoms with E-state index in [2.05, 4.69) is 12.2 Å². The molecule has 0 bridgehead atoms. The summed E-state index contributed by atoms with van der Waals surface area (Å²) < 4.78 is 5.18. The summed E-state index contributed by atoms with van der Waals surface area (Å²) in [6.07, 6.45) is 1.88. The first-order valence-electron chi connectivity index (χ1n) is 5.52. The van der Waals surface area contributed by atoms with Gasteiger partial charge in [-0.2, -0.15) is 11.8 Å². The lowest BCUT2D eigenvalue weighted by Gasteiger charge is -2.35. The predicted octanol–water partition coefficient (Wildman–Crippen LogP) is 2.80. The van der Waals surface area contributed by atoms with Gasteiger partial charge in [-0.3, -0.25) is 0 Å². The Kier molecular flexibility index (Phi) is 4.32. The van der Waals surface area contributed by atoms with Gasteiger partial charge in [0, 0.05) is 11.3 Å². The van der Waals surface area contributed by atoms with Crippen molar-refractivity contribution in [2.75, 3.05) is 5.75 Å². The normalized spacial score (nSPS) is 25.6. The van der Waals surface area contributed by atoms with Crippen molar-refractivity contribution in [3.05, 3.63) is 0 Å². The summed E-state index contributed by atoms with van der Waals surface area (Å²) in [5.41, 5.74) is -0.397. The molecule has 3 nitrogen and oxygen atoms in total. The Morgan fingerprint density at radius 1 is 1.47 bits per heavy atom. The molecule has 0 unspecified atom stereocenters. The molecule has 0 aromatic rings. The first-order chi connectivity index (χ1) is 6.90. The molecule has 0 aliphatic heterocycles. The number of carbonyl (C=O) groups is 1. The van der Waals surface area contributed by atoms with Gasteiger partial charge in [-0.1, -0.05) is 6.92 Å². The van der Waals surface area contributed by atoms with E-state index in [4.69, 9.17) is 4.74 Å². The highest BCUT2D eigenvalue weighted by Gasteiger charge is 2.31. The molecule has 1 saturated carbocycles. The zero-order valence-corrected chi connectivity index (χ0v) is 10.8. The molecule has 1 aliphatic carbocycles. The van der Waals surface area contributed by atoms with E-state index in [1.807, 2.05) is 32.5 Å². The molecule has 0 radical (unpaired) electrons. The zero-order valence-electron chi connectivity index (χ0n) is 10.0. The van der Waals surface area contributed by atoms with E-state index in [0.29, 0.717) is 6.04 Å². The third-order valence-electron chi connectivity index (χ3n) is 2.22. The summed E-state index contributed by atoms with van der Waals surface area (Å²) in [5, 5.41) is 3.62. The van der Waals surface area contributed by atoms with E-state index in [-0.39, 0.29) is 6.09 Å². The Morgan fingerprint density at radius 3 is 2.53 bits per heavy atom. The molecule has 1 rings (SSSR count). The maximum Gasteiger partial charge on any atom is 0.407 e. The van der Waals surface area contributed by atoms with Gasteiger partial charge in [0.15, 0.2) is 0 Å². The van der Waals surface area contributed by atoms with E-state index >= 15 is 0 Å². The third kappa shape index (κ3) is 4.78. The van der Waals surface area contributed by atoms with Crippen molar-refractivity contribution in [2.24, 2.45) is 0 Å². The van der Waals surface area contributed by atoms with Crippen LogP contribution in [0.3, 0.4) is 0 Å². The molecule has 1 N–H and O–H groups in total.